The van der Waals surface area contributed by atoms with Gasteiger partial charge in [0.25, 0.3) is 0 Å². The first kappa shape index (κ1) is 9.94. The third kappa shape index (κ3) is 2.25. The molecule has 0 spiro atoms. The van der Waals surface area contributed by atoms with Crippen molar-refractivity contribution in [3.05, 3.63) is 33.8 Å². The molecule has 2 rings (SSSR count). The highest BCUT2D eigenvalue weighted by Crippen LogP contribution is 2.29. The van der Waals surface area contributed by atoms with Gasteiger partial charge in [0.2, 0.25) is 0 Å². The number of thiophene rings is 2. The van der Waals surface area contributed by atoms with Crippen molar-refractivity contribution in [3.8, 4) is 10.4 Å². The summed E-state index contributed by atoms with van der Waals surface area (Å²) in [6, 6.07) is 6.64. The highest BCUT2D eigenvalue weighted by atomic mass is 32.1. The van der Waals surface area contributed by atoms with E-state index in [9.17, 15) is 0 Å². The van der Waals surface area contributed by atoms with Gasteiger partial charge in [-0.15, -0.1) is 22.7 Å². The molecule has 0 atom stereocenters. The van der Waals surface area contributed by atoms with Gasteiger partial charge in [-0.3, -0.25) is 0 Å². The second-order valence-corrected chi connectivity index (χ2v) is 5.33. The van der Waals surface area contributed by atoms with Crippen molar-refractivity contribution in [2.45, 2.75) is 26.2 Å². The van der Waals surface area contributed by atoms with Crippen molar-refractivity contribution >= 4 is 22.7 Å². The Morgan fingerprint density at radius 1 is 1.29 bits per heavy atom. The average molecular weight is 222 g/mol. The van der Waals surface area contributed by atoms with Gasteiger partial charge in [-0.1, -0.05) is 19.4 Å². The summed E-state index contributed by atoms with van der Waals surface area (Å²) in [4.78, 5) is 2.92. The molecule has 0 amide bonds. The molecule has 2 heterocycles. The summed E-state index contributed by atoms with van der Waals surface area (Å²) in [6.07, 6.45) is 3.84. The van der Waals surface area contributed by atoms with Crippen LogP contribution in [0.4, 0.5) is 0 Å². The number of hydrogen-bond acceptors (Lipinski definition) is 2. The molecule has 0 N–H and O–H groups in total. The van der Waals surface area contributed by atoms with E-state index < -0.39 is 0 Å². The van der Waals surface area contributed by atoms with E-state index in [4.69, 9.17) is 0 Å². The zero-order chi connectivity index (χ0) is 9.80. The second-order valence-electron chi connectivity index (χ2n) is 3.38. The number of hydrogen-bond donors (Lipinski definition) is 0. The van der Waals surface area contributed by atoms with Crippen molar-refractivity contribution in [2.24, 2.45) is 0 Å². The maximum absolute atomic E-state index is 2.34. The van der Waals surface area contributed by atoms with Gasteiger partial charge < -0.3 is 0 Å². The van der Waals surface area contributed by atoms with Gasteiger partial charge in [0, 0.05) is 15.3 Å². The summed E-state index contributed by atoms with van der Waals surface area (Å²) in [5.41, 5.74) is 1.40. The SMILES string of the molecule is CCCCc1cc(-c2cccs2)cs1. The van der Waals surface area contributed by atoms with Crippen molar-refractivity contribution in [1.29, 1.82) is 0 Å². The van der Waals surface area contributed by atoms with Crippen LogP contribution < -0.4 is 0 Å². The van der Waals surface area contributed by atoms with E-state index in [-0.39, 0.29) is 0 Å². The maximum atomic E-state index is 2.34. The molecule has 0 aliphatic carbocycles. The van der Waals surface area contributed by atoms with Crippen LogP contribution in [-0.2, 0) is 6.42 Å². The Bertz CT molecular complexity index is 371. The van der Waals surface area contributed by atoms with Gasteiger partial charge in [-0.05, 0) is 35.7 Å². The molecular weight excluding hydrogens is 208 g/mol. The molecule has 0 aromatic carbocycles. The molecule has 0 nitrogen and oxygen atoms in total. The summed E-state index contributed by atoms with van der Waals surface area (Å²) in [5, 5.41) is 4.41. The van der Waals surface area contributed by atoms with Gasteiger partial charge >= 0.3 is 0 Å². The first-order chi connectivity index (χ1) is 6.90. The Morgan fingerprint density at radius 2 is 2.21 bits per heavy atom. The molecule has 2 aromatic heterocycles. The van der Waals surface area contributed by atoms with Crippen LogP contribution in [0, 0.1) is 0 Å². The topological polar surface area (TPSA) is 0 Å². The van der Waals surface area contributed by atoms with Crippen LogP contribution in [0.15, 0.2) is 29.0 Å². The maximum Gasteiger partial charge on any atom is 0.0351 e. The molecule has 0 saturated carbocycles. The summed E-state index contributed by atoms with van der Waals surface area (Å²) < 4.78 is 0. The van der Waals surface area contributed by atoms with E-state index in [1.54, 1.807) is 0 Å². The van der Waals surface area contributed by atoms with E-state index in [0.717, 1.165) is 0 Å². The second kappa shape index (κ2) is 4.76. The van der Waals surface area contributed by atoms with E-state index >= 15 is 0 Å². The molecular formula is C12H14S2. The van der Waals surface area contributed by atoms with Gasteiger partial charge in [-0.2, -0.15) is 0 Å². The highest BCUT2D eigenvalue weighted by molar-refractivity contribution is 7.14. The number of aryl methyl sites for hydroxylation is 1. The van der Waals surface area contributed by atoms with Gasteiger partial charge in [0.15, 0.2) is 0 Å². The first-order valence-electron chi connectivity index (χ1n) is 5.01. The van der Waals surface area contributed by atoms with Crippen LogP contribution in [0.3, 0.4) is 0 Å². The minimum absolute atomic E-state index is 1.24. The van der Waals surface area contributed by atoms with Gasteiger partial charge in [-0.25, -0.2) is 0 Å². The van der Waals surface area contributed by atoms with E-state index in [0.29, 0.717) is 0 Å². The van der Waals surface area contributed by atoms with Crippen molar-refractivity contribution in [1.82, 2.24) is 0 Å². The molecule has 74 valence electrons. The largest absolute Gasteiger partial charge is 0.148 e. The Kier molecular flexibility index (Phi) is 3.38. The molecule has 0 radical (unpaired) electrons. The third-order valence-electron chi connectivity index (χ3n) is 2.24. The van der Waals surface area contributed by atoms with Gasteiger partial charge in [0.1, 0.15) is 0 Å². The fraction of sp³-hybridized carbons (Fsp3) is 0.333. The molecule has 14 heavy (non-hydrogen) atoms. The van der Waals surface area contributed by atoms with Crippen molar-refractivity contribution in [3.63, 3.8) is 0 Å². The summed E-state index contributed by atoms with van der Waals surface area (Å²) in [6.45, 7) is 2.24. The molecule has 0 aliphatic rings. The standard InChI is InChI=1S/C12H14S2/c1-2-3-5-11-8-10(9-14-11)12-6-4-7-13-12/h4,6-9H,2-3,5H2,1H3. The predicted molar refractivity (Wildman–Crippen MR) is 66.2 cm³/mol. The quantitative estimate of drug-likeness (QED) is 0.695. The molecule has 0 aliphatic heterocycles. The highest BCUT2D eigenvalue weighted by Gasteiger charge is 2.02. The molecule has 0 saturated heterocycles. The lowest BCUT2D eigenvalue weighted by Crippen LogP contribution is -1.76. The Morgan fingerprint density at radius 3 is 2.93 bits per heavy atom. The lowest BCUT2D eigenvalue weighted by molar-refractivity contribution is 0.804. The van der Waals surface area contributed by atoms with Crippen LogP contribution in [0.5, 0.6) is 0 Å². The third-order valence-corrected chi connectivity index (χ3v) is 4.15. The number of rotatable bonds is 4. The van der Waals surface area contributed by atoms with Crippen molar-refractivity contribution in [2.75, 3.05) is 0 Å². The lowest BCUT2D eigenvalue weighted by atomic mass is 10.2. The van der Waals surface area contributed by atoms with Gasteiger partial charge in [0.05, 0.1) is 0 Å². The molecule has 2 aromatic rings. The van der Waals surface area contributed by atoms with Crippen LogP contribution in [0.2, 0.25) is 0 Å². The Hall–Kier alpha value is -0.600. The fourth-order valence-corrected chi connectivity index (χ4v) is 3.15. The predicted octanol–water partition coefficient (Wildman–Crippen LogP) is 4.82. The fourth-order valence-electron chi connectivity index (χ4n) is 1.43. The lowest BCUT2D eigenvalue weighted by Gasteiger charge is -1.92. The normalized spacial score (nSPS) is 10.6. The summed E-state index contributed by atoms with van der Waals surface area (Å²) in [5.74, 6) is 0. The first-order valence-corrected chi connectivity index (χ1v) is 6.77. The summed E-state index contributed by atoms with van der Waals surface area (Å²) >= 11 is 3.71. The van der Waals surface area contributed by atoms with Crippen LogP contribution >= 0.6 is 22.7 Å². The zero-order valence-corrected chi connectivity index (χ0v) is 9.96. The van der Waals surface area contributed by atoms with E-state index in [1.165, 1.54) is 34.6 Å². The molecule has 0 unspecified atom stereocenters. The Balaban J connectivity index is 2.10. The van der Waals surface area contributed by atoms with Crippen molar-refractivity contribution < 1.29 is 0 Å². The smallest absolute Gasteiger partial charge is 0.0351 e. The van der Waals surface area contributed by atoms with Crippen LogP contribution in [0.25, 0.3) is 10.4 Å². The Labute approximate surface area is 93.2 Å². The minimum atomic E-state index is 1.24. The monoisotopic (exact) mass is 222 g/mol. The van der Waals surface area contributed by atoms with E-state index in [1.807, 2.05) is 22.7 Å². The van der Waals surface area contributed by atoms with Crippen LogP contribution in [0.1, 0.15) is 24.6 Å². The minimum Gasteiger partial charge on any atom is -0.148 e. The number of unbranched alkanes of at least 4 members (excludes halogenated alkanes) is 1. The molecule has 0 fully saturated rings. The molecule has 0 bridgehead atoms. The summed E-state index contributed by atoms with van der Waals surface area (Å²) in [7, 11) is 0. The average Bonchev–Trinajstić information content (AvgIpc) is 2.85. The van der Waals surface area contributed by atoms with E-state index in [2.05, 4.69) is 35.9 Å². The molecule has 2 heteroatoms. The zero-order valence-electron chi connectivity index (χ0n) is 8.32. The van der Waals surface area contributed by atoms with Crippen LogP contribution in [-0.4, -0.2) is 0 Å².